The molecule has 4 heteroatoms. The Bertz CT molecular complexity index is 687. The molecular formula is C21H25NO3. The van der Waals surface area contributed by atoms with Crippen molar-refractivity contribution in [1.82, 2.24) is 5.32 Å². The summed E-state index contributed by atoms with van der Waals surface area (Å²) in [6.07, 6.45) is 5.27. The molecule has 3 rings (SSSR count). The Balaban J connectivity index is 1.80. The summed E-state index contributed by atoms with van der Waals surface area (Å²) < 4.78 is 11.5. The van der Waals surface area contributed by atoms with Gasteiger partial charge in [-0.1, -0.05) is 49.2 Å². The average molecular weight is 339 g/mol. The molecule has 2 atom stereocenters. The molecule has 0 radical (unpaired) electrons. The van der Waals surface area contributed by atoms with Gasteiger partial charge in [0.05, 0.1) is 7.11 Å². The maximum Gasteiger partial charge on any atom is 0.207 e. The quantitative estimate of drug-likeness (QED) is 0.774. The molecule has 132 valence electrons. The highest BCUT2D eigenvalue weighted by molar-refractivity contribution is 5.48. The van der Waals surface area contributed by atoms with Gasteiger partial charge in [0, 0.05) is 12.0 Å². The van der Waals surface area contributed by atoms with Gasteiger partial charge in [-0.2, -0.15) is 0 Å². The Kier molecular flexibility index (Phi) is 5.94. The molecule has 1 aliphatic carbocycles. The molecule has 1 fully saturated rings. The summed E-state index contributed by atoms with van der Waals surface area (Å²) in [5.74, 6) is 1.80. The standard InChI is InChI=1S/C21H25NO3/c1-24-20-12-11-17(18-9-5-6-10-19(18)22-15-23)13-21(20)25-14-16-7-3-2-4-8-16/h2-4,7-8,11-13,15,18-19H,5-6,9-10,14H2,1H3,(H,22,23). The number of carbonyl (C=O) groups excluding carboxylic acids is 1. The highest BCUT2D eigenvalue weighted by Crippen LogP contribution is 2.37. The van der Waals surface area contributed by atoms with E-state index < -0.39 is 0 Å². The second-order valence-electron chi connectivity index (χ2n) is 6.47. The normalized spacial score (nSPS) is 19.9. The number of hydrogen-bond donors (Lipinski definition) is 1. The minimum atomic E-state index is 0.196. The monoisotopic (exact) mass is 339 g/mol. The molecule has 0 aliphatic heterocycles. The highest BCUT2D eigenvalue weighted by Gasteiger charge is 2.26. The lowest BCUT2D eigenvalue weighted by atomic mass is 9.80. The molecule has 0 saturated heterocycles. The zero-order chi connectivity index (χ0) is 17.5. The van der Waals surface area contributed by atoms with Crippen molar-refractivity contribution in [2.75, 3.05) is 7.11 Å². The predicted molar refractivity (Wildman–Crippen MR) is 98.0 cm³/mol. The van der Waals surface area contributed by atoms with Crippen LogP contribution in [-0.2, 0) is 11.4 Å². The molecule has 4 nitrogen and oxygen atoms in total. The van der Waals surface area contributed by atoms with Crippen LogP contribution < -0.4 is 14.8 Å². The number of methoxy groups -OCH3 is 1. The Morgan fingerprint density at radius 2 is 1.88 bits per heavy atom. The van der Waals surface area contributed by atoms with E-state index in [4.69, 9.17) is 9.47 Å². The fourth-order valence-electron chi connectivity index (χ4n) is 3.59. The van der Waals surface area contributed by atoms with Crippen LogP contribution in [0.5, 0.6) is 11.5 Å². The number of nitrogens with one attached hydrogen (secondary N) is 1. The van der Waals surface area contributed by atoms with Gasteiger partial charge < -0.3 is 14.8 Å². The van der Waals surface area contributed by atoms with Gasteiger partial charge in [-0.15, -0.1) is 0 Å². The second-order valence-corrected chi connectivity index (χ2v) is 6.47. The molecule has 0 heterocycles. The third kappa shape index (κ3) is 4.32. The van der Waals surface area contributed by atoms with Gasteiger partial charge in [0.25, 0.3) is 0 Å². The number of benzene rings is 2. The number of rotatable bonds is 7. The molecular weight excluding hydrogens is 314 g/mol. The molecule has 0 aromatic heterocycles. The van der Waals surface area contributed by atoms with Crippen LogP contribution in [0.2, 0.25) is 0 Å². The van der Waals surface area contributed by atoms with E-state index in [1.807, 2.05) is 36.4 Å². The zero-order valence-electron chi connectivity index (χ0n) is 14.6. The number of carbonyl (C=O) groups is 1. The first-order valence-corrected chi connectivity index (χ1v) is 8.86. The van der Waals surface area contributed by atoms with Crippen LogP contribution in [0.25, 0.3) is 0 Å². The van der Waals surface area contributed by atoms with Crippen molar-refractivity contribution in [3.63, 3.8) is 0 Å². The van der Waals surface area contributed by atoms with Crippen LogP contribution in [0, 0.1) is 0 Å². The summed E-state index contributed by atoms with van der Waals surface area (Å²) in [6.45, 7) is 0.501. The highest BCUT2D eigenvalue weighted by atomic mass is 16.5. The van der Waals surface area contributed by atoms with Gasteiger partial charge >= 0.3 is 0 Å². The topological polar surface area (TPSA) is 47.6 Å². The smallest absolute Gasteiger partial charge is 0.207 e. The van der Waals surface area contributed by atoms with Crippen molar-refractivity contribution >= 4 is 6.41 Å². The van der Waals surface area contributed by atoms with Gasteiger partial charge in [0.1, 0.15) is 6.61 Å². The van der Waals surface area contributed by atoms with E-state index in [0.29, 0.717) is 12.5 Å². The van der Waals surface area contributed by atoms with Crippen LogP contribution in [0.3, 0.4) is 0 Å². The summed E-state index contributed by atoms with van der Waals surface area (Å²) in [7, 11) is 1.65. The molecule has 2 aromatic carbocycles. The summed E-state index contributed by atoms with van der Waals surface area (Å²) >= 11 is 0. The molecule has 1 saturated carbocycles. The fourth-order valence-corrected chi connectivity index (χ4v) is 3.59. The van der Waals surface area contributed by atoms with Crippen molar-refractivity contribution in [1.29, 1.82) is 0 Å². The van der Waals surface area contributed by atoms with Crippen molar-refractivity contribution in [2.24, 2.45) is 0 Å². The van der Waals surface area contributed by atoms with Gasteiger partial charge in [-0.05, 0) is 36.1 Å². The van der Waals surface area contributed by atoms with E-state index >= 15 is 0 Å². The molecule has 0 spiro atoms. The molecule has 2 aromatic rings. The maximum atomic E-state index is 10.9. The first-order chi connectivity index (χ1) is 12.3. The van der Waals surface area contributed by atoms with Crippen molar-refractivity contribution < 1.29 is 14.3 Å². The summed E-state index contributed by atoms with van der Waals surface area (Å²) in [4.78, 5) is 10.9. The van der Waals surface area contributed by atoms with Crippen molar-refractivity contribution in [3.8, 4) is 11.5 Å². The lowest BCUT2D eigenvalue weighted by Gasteiger charge is -2.31. The molecule has 1 aliphatic rings. The third-order valence-electron chi connectivity index (χ3n) is 4.90. The number of ether oxygens (including phenoxy) is 2. The average Bonchev–Trinajstić information content (AvgIpc) is 2.68. The summed E-state index contributed by atoms with van der Waals surface area (Å²) in [5.41, 5.74) is 2.32. The first kappa shape index (κ1) is 17.3. The van der Waals surface area contributed by atoms with Gasteiger partial charge in [0.2, 0.25) is 6.41 Å². The third-order valence-corrected chi connectivity index (χ3v) is 4.90. The largest absolute Gasteiger partial charge is 0.493 e. The Morgan fingerprint density at radius 3 is 2.64 bits per heavy atom. The number of amides is 1. The van der Waals surface area contributed by atoms with Crippen LogP contribution in [0.1, 0.15) is 42.7 Å². The van der Waals surface area contributed by atoms with Crippen LogP contribution >= 0.6 is 0 Å². The van der Waals surface area contributed by atoms with Crippen LogP contribution in [-0.4, -0.2) is 19.6 Å². The Hall–Kier alpha value is -2.49. The van der Waals surface area contributed by atoms with Gasteiger partial charge in [-0.3, -0.25) is 4.79 Å². The summed E-state index contributed by atoms with van der Waals surface area (Å²) in [6, 6.07) is 16.4. The Morgan fingerprint density at radius 1 is 1.08 bits per heavy atom. The van der Waals surface area contributed by atoms with E-state index in [2.05, 4.69) is 17.4 Å². The van der Waals surface area contributed by atoms with E-state index in [9.17, 15) is 4.79 Å². The SMILES string of the molecule is COc1ccc(C2CCCCC2NC=O)cc1OCc1ccccc1. The first-order valence-electron chi connectivity index (χ1n) is 8.86. The fraction of sp³-hybridized carbons (Fsp3) is 0.381. The lowest BCUT2D eigenvalue weighted by Crippen LogP contribution is -2.36. The molecule has 0 bridgehead atoms. The van der Waals surface area contributed by atoms with E-state index in [1.54, 1.807) is 7.11 Å². The maximum absolute atomic E-state index is 10.9. The minimum absolute atomic E-state index is 0.196. The predicted octanol–water partition coefficient (Wildman–Crippen LogP) is 4.05. The van der Waals surface area contributed by atoms with Crippen molar-refractivity contribution in [3.05, 3.63) is 59.7 Å². The van der Waals surface area contributed by atoms with Crippen molar-refractivity contribution in [2.45, 2.75) is 44.2 Å². The van der Waals surface area contributed by atoms with Crippen LogP contribution in [0.4, 0.5) is 0 Å². The Labute approximate surface area is 149 Å². The second kappa shape index (κ2) is 8.56. The molecule has 25 heavy (non-hydrogen) atoms. The van der Waals surface area contributed by atoms with E-state index in [1.165, 1.54) is 12.0 Å². The molecule has 1 amide bonds. The van der Waals surface area contributed by atoms with E-state index in [-0.39, 0.29) is 6.04 Å². The molecule has 1 N–H and O–H groups in total. The number of hydrogen-bond acceptors (Lipinski definition) is 3. The minimum Gasteiger partial charge on any atom is -0.493 e. The summed E-state index contributed by atoms with van der Waals surface area (Å²) in [5, 5.41) is 2.99. The van der Waals surface area contributed by atoms with Gasteiger partial charge in [-0.25, -0.2) is 0 Å². The van der Waals surface area contributed by atoms with E-state index in [0.717, 1.165) is 42.7 Å². The van der Waals surface area contributed by atoms with Gasteiger partial charge in [0.15, 0.2) is 11.5 Å². The molecule has 2 unspecified atom stereocenters. The lowest BCUT2D eigenvalue weighted by molar-refractivity contribution is -0.110. The zero-order valence-corrected chi connectivity index (χ0v) is 14.6. The van der Waals surface area contributed by atoms with Crippen LogP contribution in [0.15, 0.2) is 48.5 Å².